The van der Waals surface area contributed by atoms with E-state index in [4.69, 9.17) is 34.2 Å². The lowest BCUT2D eigenvalue weighted by Crippen LogP contribution is -2.47. The van der Waals surface area contributed by atoms with Crippen LogP contribution in [0.3, 0.4) is 0 Å². The van der Waals surface area contributed by atoms with Gasteiger partial charge in [0.2, 0.25) is 18.6 Å². The van der Waals surface area contributed by atoms with E-state index in [0.29, 0.717) is 49.7 Å². The molecule has 3 N–H and O–H groups in total. The van der Waals surface area contributed by atoms with Gasteiger partial charge in [0.25, 0.3) is 0 Å². The zero-order valence-electron chi connectivity index (χ0n) is 31.5. The van der Waals surface area contributed by atoms with Crippen molar-refractivity contribution < 1.29 is 42.8 Å². The highest BCUT2D eigenvalue weighted by molar-refractivity contribution is 5.83. The molecule has 1 aliphatic rings. The Morgan fingerprint density at radius 3 is 2.43 bits per heavy atom. The van der Waals surface area contributed by atoms with Gasteiger partial charge in [-0.1, -0.05) is 33.8 Å². The van der Waals surface area contributed by atoms with E-state index in [9.17, 15) is 14.4 Å². The van der Waals surface area contributed by atoms with Crippen LogP contribution < -0.4 is 25.3 Å². The van der Waals surface area contributed by atoms with Gasteiger partial charge in [-0.25, -0.2) is 4.79 Å². The molecule has 1 aromatic carbocycles. The predicted octanol–water partition coefficient (Wildman–Crippen LogP) is 5.20. The van der Waals surface area contributed by atoms with E-state index in [0.717, 1.165) is 12.0 Å². The topological polar surface area (TPSA) is 161 Å². The number of hydrogen-bond acceptors (Lipinski definition) is 10. The molecule has 4 atom stereocenters. The van der Waals surface area contributed by atoms with Gasteiger partial charge in [0.05, 0.1) is 37.5 Å². The molecule has 13 heteroatoms. The summed E-state index contributed by atoms with van der Waals surface area (Å²) in [7, 11) is 3.28. The van der Waals surface area contributed by atoms with Gasteiger partial charge in [0.15, 0.2) is 11.5 Å². The van der Waals surface area contributed by atoms with Crippen LogP contribution in [-0.4, -0.2) is 87.4 Å². The summed E-state index contributed by atoms with van der Waals surface area (Å²) in [5.74, 6) is 0.996. The van der Waals surface area contributed by atoms with Gasteiger partial charge >= 0.3 is 6.09 Å². The number of carbonyl (C=O) groups excluding carboxylic acids is 3. The second-order valence-electron chi connectivity index (χ2n) is 14.4. The van der Waals surface area contributed by atoms with Crippen molar-refractivity contribution >= 4 is 17.9 Å². The van der Waals surface area contributed by atoms with Gasteiger partial charge in [0, 0.05) is 38.8 Å². The van der Waals surface area contributed by atoms with Gasteiger partial charge < -0.3 is 39.5 Å². The molecular formula is C38H58N4O9. The molecule has 2 aromatic rings. The number of nitrogens with two attached hydrogens (primary N) is 1. The summed E-state index contributed by atoms with van der Waals surface area (Å²) in [5.41, 5.74) is 5.72. The lowest BCUT2D eigenvalue weighted by atomic mass is 9.80. The Labute approximate surface area is 302 Å². The van der Waals surface area contributed by atoms with Gasteiger partial charge in [-0.2, -0.15) is 0 Å². The molecule has 0 aliphatic carbocycles. The number of rotatable bonds is 21. The number of amides is 3. The third-order valence-electron chi connectivity index (χ3n) is 9.50. The minimum absolute atomic E-state index is 0.00894. The van der Waals surface area contributed by atoms with Gasteiger partial charge in [-0.05, 0) is 80.7 Å². The van der Waals surface area contributed by atoms with Crippen LogP contribution in [-0.2, 0) is 30.2 Å². The number of ether oxygens (including phenoxy) is 6. The second kappa shape index (κ2) is 20.1. The SMILES string of the molecule is COCCCOc1cc(C[C@@H](C[C@H]2[C@H](C[C@H](C(=O)NCC(C)(C)C(N)=O)C(C)C)OCN2C(=O)OCOc2cccnc2)C(C)C)ccc1OC. The highest BCUT2D eigenvalue weighted by atomic mass is 16.7. The molecule has 51 heavy (non-hydrogen) atoms. The zero-order valence-corrected chi connectivity index (χ0v) is 31.5. The summed E-state index contributed by atoms with van der Waals surface area (Å²) in [5, 5.41) is 2.93. The fourth-order valence-electron chi connectivity index (χ4n) is 5.95. The van der Waals surface area contributed by atoms with Crippen molar-refractivity contribution in [3.63, 3.8) is 0 Å². The summed E-state index contributed by atoms with van der Waals surface area (Å²) in [4.78, 5) is 44.6. The minimum Gasteiger partial charge on any atom is -0.493 e. The van der Waals surface area contributed by atoms with Crippen molar-refractivity contribution in [3.05, 3.63) is 48.3 Å². The van der Waals surface area contributed by atoms with Crippen LogP contribution in [0.5, 0.6) is 17.2 Å². The van der Waals surface area contributed by atoms with Crippen molar-refractivity contribution in [1.29, 1.82) is 0 Å². The van der Waals surface area contributed by atoms with Crippen molar-refractivity contribution in [3.8, 4) is 17.2 Å². The number of nitrogens with zero attached hydrogens (tertiary/aromatic N) is 2. The Morgan fingerprint density at radius 2 is 1.80 bits per heavy atom. The van der Waals surface area contributed by atoms with Crippen LogP contribution >= 0.6 is 0 Å². The number of primary amides is 1. The van der Waals surface area contributed by atoms with Crippen molar-refractivity contribution in [2.24, 2.45) is 34.8 Å². The Hall–Kier alpha value is -4.10. The maximum atomic E-state index is 13.6. The molecule has 3 amide bonds. The minimum atomic E-state index is -0.900. The van der Waals surface area contributed by atoms with Crippen LogP contribution in [0.2, 0.25) is 0 Å². The molecular weight excluding hydrogens is 656 g/mol. The van der Waals surface area contributed by atoms with E-state index < -0.39 is 29.4 Å². The molecule has 1 aromatic heterocycles. The van der Waals surface area contributed by atoms with E-state index in [1.165, 1.54) is 6.20 Å². The molecule has 1 aliphatic heterocycles. The first-order valence-electron chi connectivity index (χ1n) is 17.7. The van der Waals surface area contributed by atoms with Crippen molar-refractivity contribution in [2.45, 2.75) is 79.4 Å². The van der Waals surface area contributed by atoms with Gasteiger partial charge in [0.1, 0.15) is 12.5 Å². The van der Waals surface area contributed by atoms with Crippen LogP contribution in [0.1, 0.15) is 66.4 Å². The average Bonchev–Trinajstić information content (AvgIpc) is 3.49. The van der Waals surface area contributed by atoms with Crippen molar-refractivity contribution in [1.82, 2.24) is 15.2 Å². The number of carbonyl (C=O) groups is 3. The first kappa shape index (κ1) is 41.3. The summed E-state index contributed by atoms with van der Waals surface area (Å²) in [6.45, 7) is 12.6. The molecule has 0 saturated carbocycles. The van der Waals surface area contributed by atoms with E-state index in [-0.39, 0.29) is 49.8 Å². The Balaban J connectivity index is 1.83. The molecule has 284 valence electrons. The number of hydrogen-bond donors (Lipinski definition) is 2. The molecule has 0 unspecified atom stereocenters. The van der Waals surface area contributed by atoms with Crippen LogP contribution in [0.4, 0.5) is 4.79 Å². The first-order valence-corrected chi connectivity index (χ1v) is 17.7. The zero-order chi connectivity index (χ0) is 37.6. The fraction of sp³-hybridized carbons (Fsp3) is 0.632. The summed E-state index contributed by atoms with van der Waals surface area (Å²) in [6, 6.07) is 9.03. The fourth-order valence-corrected chi connectivity index (χ4v) is 5.95. The third-order valence-corrected chi connectivity index (χ3v) is 9.50. The maximum absolute atomic E-state index is 13.6. The Kier molecular flexibility index (Phi) is 16.3. The van der Waals surface area contributed by atoms with E-state index >= 15 is 0 Å². The molecule has 1 fully saturated rings. The van der Waals surface area contributed by atoms with Gasteiger partial charge in [-0.3, -0.25) is 19.5 Å². The van der Waals surface area contributed by atoms with Gasteiger partial charge in [-0.15, -0.1) is 0 Å². The second-order valence-corrected chi connectivity index (χ2v) is 14.4. The van der Waals surface area contributed by atoms with Crippen molar-refractivity contribution in [2.75, 3.05) is 47.5 Å². The lowest BCUT2D eigenvalue weighted by molar-refractivity contribution is -0.130. The molecule has 1 saturated heterocycles. The molecule has 2 heterocycles. The largest absolute Gasteiger partial charge is 0.493 e. The Morgan fingerprint density at radius 1 is 1.04 bits per heavy atom. The highest BCUT2D eigenvalue weighted by Gasteiger charge is 2.43. The highest BCUT2D eigenvalue weighted by Crippen LogP contribution is 2.36. The molecule has 0 radical (unpaired) electrons. The number of methoxy groups -OCH3 is 2. The molecule has 0 spiro atoms. The average molecular weight is 715 g/mol. The summed E-state index contributed by atoms with van der Waals surface area (Å²) >= 11 is 0. The molecule has 0 bridgehead atoms. The number of benzene rings is 1. The summed E-state index contributed by atoms with van der Waals surface area (Å²) in [6.07, 6.45) is 4.57. The first-order chi connectivity index (χ1) is 24.3. The number of pyridine rings is 1. The lowest BCUT2D eigenvalue weighted by Gasteiger charge is -2.33. The van der Waals surface area contributed by atoms with E-state index in [2.05, 4.69) is 24.1 Å². The van der Waals surface area contributed by atoms with Crippen LogP contribution in [0.25, 0.3) is 0 Å². The maximum Gasteiger partial charge on any atom is 0.414 e. The van der Waals surface area contributed by atoms with E-state index in [1.54, 1.807) is 51.3 Å². The standard InChI is InChI=1S/C38H58N4O9/c1-25(2)28(17-27-12-13-32(47-8)34(18-27)48-16-10-15-46-7)19-31-33(20-30(26(3)4)35(43)41-22-38(5,6)36(39)44)49-23-42(31)37(45)51-24-50-29-11-9-14-40-21-29/h9,11-14,18,21,25-26,28,30-31,33H,10,15-17,19-20,22-24H2,1-8H3,(H2,39,44)(H,41,43)/t28-,30-,31-,33-/m0/s1. The number of aromatic nitrogens is 1. The third kappa shape index (κ3) is 12.6. The normalized spacial score (nSPS) is 17.3. The summed E-state index contributed by atoms with van der Waals surface area (Å²) < 4.78 is 34.2. The molecule has 3 rings (SSSR count). The number of nitrogens with one attached hydrogen (secondary N) is 1. The van der Waals surface area contributed by atoms with E-state index in [1.807, 2.05) is 32.0 Å². The van der Waals surface area contributed by atoms with Crippen LogP contribution in [0, 0.1) is 29.1 Å². The monoisotopic (exact) mass is 714 g/mol. The smallest absolute Gasteiger partial charge is 0.414 e. The predicted molar refractivity (Wildman–Crippen MR) is 192 cm³/mol. The quantitative estimate of drug-likeness (QED) is 0.130. The Bertz CT molecular complexity index is 1390. The molecule has 13 nitrogen and oxygen atoms in total. The van der Waals surface area contributed by atoms with Crippen LogP contribution in [0.15, 0.2) is 42.7 Å².